The number of nitrogens with one attached hydrogen (secondary N) is 1. The summed E-state index contributed by atoms with van der Waals surface area (Å²) < 4.78 is 18.2. The lowest BCUT2D eigenvalue weighted by Gasteiger charge is -2.36. The normalized spacial score (nSPS) is 14.3. The summed E-state index contributed by atoms with van der Waals surface area (Å²) >= 11 is 0. The van der Waals surface area contributed by atoms with Crippen LogP contribution in [0.2, 0.25) is 0 Å². The summed E-state index contributed by atoms with van der Waals surface area (Å²) in [5.41, 5.74) is 1.98. The van der Waals surface area contributed by atoms with E-state index in [1.54, 1.807) is 24.1 Å². The predicted octanol–water partition coefficient (Wildman–Crippen LogP) is 2.87. The highest BCUT2D eigenvalue weighted by Crippen LogP contribution is 2.22. The third-order valence-electron chi connectivity index (χ3n) is 4.34. The van der Waals surface area contributed by atoms with Crippen molar-refractivity contribution in [3.05, 3.63) is 59.9 Å². The molecule has 25 heavy (non-hydrogen) atoms. The third-order valence-corrected chi connectivity index (χ3v) is 4.34. The molecule has 2 aromatic carbocycles. The van der Waals surface area contributed by atoms with Gasteiger partial charge in [0.2, 0.25) is 0 Å². The summed E-state index contributed by atoms with van der Waals surface area (Å²) in [7, 11) is 1.66. The van der Waals surface area contributed by atoms with Crippen LogP contribution in [0.15, 0.2) is 48.5 Å². The highest BCUT2D eigenvalue weighted by Gasteiger charge is 2.21. The molecular formula is C19H22FN3O2. The van der Waals surface area contributed by atoms with Gasteiger partial charge in [-0.05, 0) is 29.8 Å². The molecule has 1 saturated heterocycles. The Hall–Kier alpha value is -2.76. The number of piperazine rings is 1. The van der Waals surface area contributed by atoms with Crippen LogP contribution in [0.5, 0.6) is 5.75 Å². The first-order chi connectivity index (χ1) is 12.2. The van der Waals surface area contributed by atoms with E-state index in [1.165, 1.54) is 12.1 Å². The van der Waals surface area contributed by atoms with Gasteiger partial charge in [0.05, 0.1) is 7.11 Å². The van der Waals surface area contributed by atoms with Gasteiger partial charge in [0.15, 0.2) is 0 Å². The van der Waals surface area contributed by atoms with Gasteiger partial charge in [-0.3, -0.25) is 0 Å². The molecule has 5 nitrogen and oxygen atoms in total. The van der Waals surface area contributed by atoms with Crippen molar-refractivity contribution in [3.63, 3.8) is 0 Å². The maximum absolute atomic E-state index is 12.9. The molecule has 132 valence electrons. The number of rotatable bonds is 4. The molecule has 1 aliphatic heterocycles. The van der Waals surface area contributed by atoms with Crippen LogP contribution < -0.4 is 15.0 Å². The standard InChI is InChI=1S/C19H22FN3O2/c1-25-18-4-2-3-17(13-18)22-9-11-23(12-10-22)19(24)21-14-15-5-7-16(20)8-6-15/h2-8,13H,9-12,14H2,1H3,(H,21,24). The Balaban J connectivity index is 1.49. The first-order valence-corrected chi connectivity index (χ1v) is 8.32. The number of methoxy groups -OCH3 is 1. The van der Waals surface area contributed by atoms with Crippen molar-refractivity contribution in [2.75, 3.05) is 38.2 Å². The summed E-state index contributed by atoms with van der Waals surface area (Å²) in [6, 6.07) is 14.0. The van der Waals surface area contributed by atoms with E-state index < -0.39 is 0 Å². The number of hydrogen-bond donors (Lipinski definition) is 1. The number of hydrogen-bond acceptors (Lipinski definition) is 3. The first-order valence-electron chi connectivity index (χ1n) is 8.32. The summed E-state index contributed by atoms with van der Waals surface area (Å²) in [5, 5.41) is 2.89. The minimum absolute atomic E-state index is 0.0883. The van der Waals surface area contributed by atoms with Gasteiger partial charge in [-0.1, -0.05) is 18.2 Å². The minimum atomic E-state index is -0.274. The molecule has 1 heterocycles. The zero-order chi connectivity index (χ0) is 17.6. The van der Waals surface area contributed by atoms with Gasteiger partial charge in [0.25, 0.3) is 0 Å². The number of ether oxygens (including phenoxy) is 1. The second-order valence-electron chi connectivity index (χ2n) is 5.96. The van der Waals surface area contributed by atoms with Gasteiger partial charge in [-0.2, -0.15) is 0 Å². The number of carbonyl (C=O) groups excluding carboxylic acids is 1. The molecule has 0 bridgehead atoms. The molecule has 2 amide bonds. The zero-order valence-corrected chi connectivity index (χ0v) is 14.2. The van der Waals surface area contributed by atoms with Crippen molar-refractivity contribution in [3.8, 4) is 5.75 Å². The lowest BCUT2D eigenvalue weighted by atomic mass is 10.2. The fraction of sp³-hybridized carbons (Fsp3) is 0.316. The Morgan fingerprint density at radius 3 is 2.52 bits per heavy atom. The van der Waals surface area contributed by atoms with Crippen molar-refractivity contribution in [2.24, 2.45) is 0 Å². The van der Waals surface area contributed by atoms with Crippen molar-refractivity contribution in [1.29, 1.82) is 0 Å². The van der Waals surface area contributed by atoms with E-state index in [1.807, 2.05) is 24.3 Å². The van der Waals surface area contributed by atoms with Crippen LogP contribution >= 0.6 is 0 Å². The van der Waals surface area contributed by atoms with E-state index in [2.05, 4.69) is 10.2 Å². The van der Waals surface area contributed by atoms with Crippen molar-refractivity contribution in [2.45, 2.75) is 6.54 Å². The fourth-order valence-corrected chi connectivity index (χ4v) is 2.87. The molecule has 6 heteroatoms. The Kier molecular flexibility index (Phi) is 5.38. The summed E-state index contributed by atoms with van der Waals surface area (Å²) in [5.74, 6) is 0.556. The molecule has 1 fully saturated rings. The number of anilines is 1. The van der Waals surface area contributed by atoms with Crippen molar-refractivity contribution in [1.82, 2.24) is 10.2 Å². The number of nitrogens with zero attached hydrogens (tertiary/aromatic N) is 2. The molecule has 0 radical (unpaired) electrons. The van der Waals surface area contributed by atoms with Crippen molar-refractivity contribution >= 4 is 11.7 Å². The van der Waals surface area contributed by atoms with E-state index >= 15 is 0 Å². The fourth-order valence-electron chi connectivity index (χ4n) is 2.87. The van der Waals surface area contributed by atoms with Crippen LogP contribution in [-0.2, 0) is 6.54 Å². The van der Waals surface area contributed by atoms with Crippen LogP contribution in [0.1, 0.15) is 5.56 Å². The molecule has 0 aromatic heterocycles. The van der Waals surface area contributed by atoms with E-state index in [0.29, 0.717) is 19.6 Å². The van der Waals surface area contributed by atoms with Crippen LogP contribution in [0.4, 0.5) is 14.9 Å². The second kappa shape index (κ2) is 7.88. The van der Waals surface area contributed by atoms with Crippen LogP contribution in [-0.4, -0.2) is 44.2 Å². The molecule has 1 N–H and O–H groups in total. The van der Waals surface area contributed by atoms with Gasteiger partial charge in [0, 0.05) is 44.5 Å². The molecule has 0 atom stereocenters. The predicted molar refractivity (Wildman–Crippen MR) is 95.4 cm³/mol. The second-order valence-corrected chi connectivity index (χ2v) is 5.96. The Bertz CT molecular complexity index is 713. The largest absolute Gasteiger partial charge is 0.497 e. The molecule has 0 spiro atoms. The molecule has 0 unspecified atom stereocenters. The average molecular weight is 343 g/mol. The van der Waals surface area contributed by atoms with Gasteiger partial charge < -0.3 is 19.9 Å². The number of halogens is 1. The van der Waals surface area contributed by atoms with E-state index in [0.717, 1.165) is 30.1 Å². The third kappa shape index (κ3) is 4.41. The van der Waals surface area contributed by atoms with E-state index in [4.69, 9.17) is 4.74 Å². The van der Waals surface area contributed by atoms with Gasteiger partial charge in [0.1, 0.15) is 11.6 Å². The lowest BCUT2D eigenvalue weighted by molar-refractivity contribution is 0.194. The maximum Gasteiger partial charge on any atom is 0.317 e. The monoisotopic (exact) mass is 343 g/mol. The topological polar surface area (TPSA) is 44.8 Å². The zero-order valence-electron chi connectivity index (χ0n) is 14.2. The van der Waals surface area contributed by atoms with E-state index in [-0.39, 0.29) is 11.8 Å². The molecular weight excluding hydrogens is 321 g/mol. The SMILES string of the molecule is COc1cccc(N2CCN(C(=O)NCc3ccc(F)cc3)CC2)c1. The minimum Gasteiger partial charge on any atom is -0.497 e. The molecule has 0 aliphatic carbocycles. The Morgan fingerprint density at radius 2 is 1.84 bits per heavy atom. The van der Waals surface area contributed by atoms with Gasteiger partial charge >= 0.3 is 6.03 Å². The van der Waals surface area contributed by atoms with Gasteiger partial charge in [-0.25, -0.2) is 9.18 Å². The summed E-state index contributed by atoms with van der Waals surface area (Å²) in [6.45, 7) is 3.27. The highest BCUT2D eigenvalue weighted by molar-refractivity contribution is 5.74. The van der Waals surface area contributed by atoms with E-state index in [9.17, 15) is 9.18 Å². The maximum atomic E-state index is 12.9. The van der Waals surface area contributed by atoms with Gasteiger partial charge in [-0.15, -0.1) is 0 Å². The first kappa shape index (κ1) is 17.1. The number of urea groups is 1. The molecule has 2 aromatic rings. The number of benzene rings is 2. The summed E-state index contributed by atoms with van der Waals surface area (Å²) in [4.78, 5) is 16.3. The average Bonchev–Trinajstić information content (AvgIpc) is 2.67. The molecule has 0 saturated carbocycles. The van der Waals surface area contributed by atoms with Crippen LogP contribution in [0.25, 0.3) is 0 Å². The lowest BCUT2D eigenvalue weighted by Crippen LogP contribution is -2.51. The van der Waals surface area contributed by atoms with Crippen LogP contribution in [0.3, 0.4) is 0 Å². The number of carbonyl (C=O) groups is 1. The summed E-state index contributed by atoms with van der Waals surface area (Å²) in [6.07, 6.45) is 0. The quantitative estimate of drug-likeness (QED) is 0.928. The van der Waals surface area contributed by atoms with Crippen LogP contribution in [0, 0.1) is 5.82 Å². The molecule has 1 aliphatic rings. The Labute approximate surface area is 147 Å². The number of amides is 2. The van der Waals surface area contributed by atoms with Crippen molar-refractivity contribution < 1.29 is 13.9 Å². The molecule has 3 rings (SSSR count). The smallest absolute Gasteiger partial charge is 0.317 e. The highest BCUT2D eigenvalue weighted by atomic mass is 19.1. The Morgan fingerprint density at radius 1 is 1.12 bits per heavy atom.